The molecule has 1 aliphatic heterocycles. The molecule has 0 atom stereocenters. The van der Waals surface area contributed by atoms with Crippen LogP contribution in [0.2, 0.25) is 0 Å². The van der Waals surface area contributed by atoms with Crippen molar-refractivity contribution in [2.24, 2.45) is 0 Å². The Balaban J connectivity index is 1.02. The van der Waals surface area contributed by atoms with Crippen LogP contribution in [0.1, 0.15) is 25.0 Å². The van der Waals surface area contributed by atoms with E-state index in [0.717, 1.165) is 56.6 Å². The Labute approximate surface area is 412 Å². The molecule has 2 aromatic heterocycles. The summed E-state index contributed by atoms with van der Waals surface area (Å²) in [7, 11) is 0. The van der Waals surface area contributed by atoms with Crippen LogP contribution in [0, 0.1) is 0 Å². The zero-order valence-electron chi connectivity index (χ0n) is 39.4. The van der Waals surface area contributed by atoms with Crippen LogP contribution >= 0.6 is 0 Å². The minimum absolute atomic E-state index is 0.217. The Kier molecular flexibility index (Phi) is 8.38. The first kappa shape index (κ1) is 39.8. The molecule has 0 amide bonds. The normalized spacial score (nSPS) is 13.5. The number of fused-ring (bicyclic) bond motifs is 14. The Morgan fingerprint density at radius 1 is 0.296 bits per heavy atom. The molecular formula is C67H46N4. The fraction of sp³-hybridized carbons (Fsp3) is 0.0448. The molecule has 11 aromatic carbocycles. The highest BCUT2D eigenvalue weighted by atomic mass is 15.2. The van der Waals surface area contributed by atoms with Gasteiger partial charge in [-0.25, -0.2) is 0 Å². The Hall–Kier alpha value is -9.12. The second kappa shape index (κ2) is 14.9. The summed E-state index contributed by atoms with van der Waals surface area (Å²) in [5.41, 5.74) is 20.9. The van der Waals surface area contributed by atoms with Gasteiger partial charge in [-0.3, -0.25) is 0 Å². The second-order valence-electron chi connectivity index (χ2n) is 19.7. The number of hydrogen-bond donors (Lipinski definition) is 0. The van der Waals surface area contributed by atoms with E-state index in [1.807, 2.05) is 0 Å². The zero-order chi connectivity index (χ0) is 47.0. The molecule has 8 bridgehead atoms. The summed E-state index contributed by atoms with van der Waals surface area (Å²) >= 11 is 0. The predicted molar refractivity (Wildman–Crippen MR) is 299 cm³/mol. The van der Waals surface area contributed by atoms with Gasteiger partial charge in [-0.05, 0) is 130 Å². The molecule has 0 saturated heterocycles. The van der Waals surface area contributed by atoms with Crippen molar-refractivity contribution in [3.63, 3.8) is 0 Å². The van der Waals surface area contributed by atoms with Crippen molar-refractivity contribution in [1.82, 2.24) is 9.13 Å². The summed E-state index contributed by atoms with van der Waals surface area (Å²) in [5.74, 6) is 0. The number of benzene rings is 11. The van der Waals surface area contributed by atoms with E-state index < -0.39 is 0 Å². The third-order valence-corrected chi connectivity index (χ3v) is 15.6. The van der Waals surface area contributed by atoms with Gasteiger partial charge in [-0.2, -0.15) is 0 Å². The molecule has 0 N–H and O–H groups in total. The van der Waals surface area contributed by atoms with Gasteiger partial charge in [0, 0.05) is 60.8 Å². The summed E-state index contributed by atoms with van der Waals surface area (Å²) in [4.78, 5) is 5.00. The molecule has 0 radical (unpaired) electrons. The second-order valence-corrected chi connectivity index (χ2v) is 19.7. The third-order valence-electron chi connectivity index (χ3n) is 15.6. The Morgan fingerprint density at radius 2 is 0.718 bits per heavy atom. The van der Waals surface area contributed by atoms with E-state index >= 15 is 0 Å². The minimum atomic E-state index is -0.217. The van der Waals surface area contributed by atoms with Crippen LogP contribution < -0.4 is 9.80 Å². The summed E-state index contributed by atoms with van der Waals surface area (Å²) < 4.78 is 4.96. The fourth-order valence-electron chi connectivity index (χ4n) is 12.4. The summed E-state index contributed by atoms with van der Waals surface area (Å²) in [6.45, 7) is 4.77. The topological polar surface area (TPSA) is 16.3 Å². The number of aromatic nitrogens is 2. The van der Waals surface area contributed by atoms with Gasteiger partial charge in [0.05, 0.1) is 39.1 Å². The molecule has 4 nitrogen and oxygen atoms in total. The standard InChI is InChI=1S/C67H46N4/c1-67(2)58-37-35-49-41-56(58)57-42-50(36-38-59(57)67)69(64-34-16-29-55-53-27-9-11-31-62(53)71(66(55)64)60-32-14-18-43-17-6-7-25-51(43)60)48-24-13-20-45(40-48)44-19-12-23-47(39-44)68(49)63-33-15-28-54-52-26-8-10-30-61(52)70(65(54)63)46-21-4-3-5-22-46/h3-42H,1-2H3. The summed E-state index contributed by atoms with van der Waals surface area (Å²) in [5, 5.41) is 7.33. The largest absolute Gasteiger partial charge is 0.308 e. The molecule has 2 aliphatic rings. The lowest BCUT2D eigenvalue weighted by molar-refractivity contribution is 0.660. The van der Waals surface area contributed by atoms with E-state index in [1.165, 1.54) is 76.6 Å². The van der Waals surface area contributed by atoms with E-state index in [1.54, 1.807) is 0 Å². The van der Waals surface area contributed by atoms with Crippen LogP contribution in [0.5, 0.6) is 0 Å². The maximum Gasteiger partial charge on any atom is 0.0782 e. The van der Waals surface area contributed by atoms with Crippen molar-refractivity contribution < 1.29 is 0 Å². The lowest BCUT2D eigenvalue weighted by atomic mass is 9.82. The van der Waals surface area contributed by atoms with Crippen molar-refractivity contribution in [2.45, 2.75) is 19.3 Å². The zero-order valence-corrected chi connectivity index (χ0v) is 39.4. The quantitative estimate of drug-likeness (QED) is 0.175. The van der Waals surface area contributed by atoms with Gasteiger partial charge in [-0.1, -0.05) is 166 Å². The number of rotatable bonds is 4. The van der Waals surface area contributed by atoms with Gasteiger partial charge in [0.15, 0.2) is 0 Å². The fourth-order valence-corrected chi connectivity index (χ4v) is 12.4. The molecule has 0 unspecified atom stereocenters. The van der Waals surface area contributed by atoms with E-state index in [2.05, 4.69) is 275 Å². The van der Waals surface area contributed by atoms with Crippen molar-refractivity contribution >= 4 is 88.5 Å². The number of para-hydroxylation sites is 5. The monoisotopic (exact) mass is 906 g/mol. The maximum absolute atomic E-state index is 2.51. The highest BCUT2D eigenvalue weighted by molar-refractivity contribution is 6.17. The smallest absolute Gasteiger partial charge is 0.0782 e. The van der Waals surface area contributed by atoms with Gasteiger partial charge in [0.1, 0.15) is 0 Å². The molecule has 0 fully saturated rings. The Morgan fingerprint density at radius 3 is 1.32 bits per heavy atom. The highest BCUT2D eigenvalue weighted by Gasteiger charge is 2.37. The average molecular weight is 907 g/mol. The minimum Gasteiger partial charge on any atom is -0.308 e. The third kappa shape index (κ3) is 5.73. The van der Waals surface area contributed by atoms with Gasteiger partial charge in [-0.15, -0.1) is 0 Å². The molecule has 3 heterocycles. The van der Waals surface area contributed by atoms with Crippen molar-refractivity contribution in [2.75, 3.05) is 9.80 Å². The van der Waals surface area contributed by atoms with E-state index in [0.29, 0.717) is 0 Å². The highest BCUT2D eigenvalue weighted by Crippen LogP contribution is 2.54. The number of hydrogen-bond acceptors (Lipinski definition) is 2. The van der Waals surface area contributed by atoms with E-state index in [-0.39, 0.29) is 5.41 Å². The van der Waals surface area contributed by atoms with Crippen LogP contribution in [-0.4, -0.2) is 9.13 Å². The van der Waals surface area contributed by atoms with Crippen molar-refractivity contribution in [3.8, 4) is 33.6 Å². The first-order valence-electron chi connectivity index (χ1n) is 24.7. The average Bonchev–Trinajstić information content (AvgIpc) is 4.02. The van der Waals surface area contributed by atoms with Gasteiger partial charge in [0.2, 0.25) is 0 Å². The molecule has 15 rings (SSSR count). The lowest BCUT2D eigenvalue weighted by Crippen LogP contribution is -2.16. The number of nitrogens with zero attached hydrogens (tertiary/aromatic N) is 4. The first-order chi connectivity index (χ1) is 35.0. The maximum atomic E-state index is 2.51. The van der Waals surface area contributed by atoms with Crippen molar-refractivity contribution in [1.29, 1.82) is 0 Å². The van der Waals surface area contributed by atoms with Crippen LogP contribution in [0.15, 0.2) is 243 Å². The summed E-state index contributed by atoms with van der Waals surface area (Å²) in [6, 6.07) is 90.3. The van der Waals surface area contributed by atoms with E-state index in [4.69, 9.17) is 0 Å². The number of anilines is 6. The van der Waals surface area contributed by atoms with Gasteiger partial charge >= 0.3 is 0 Å². The van der Waals surface area contributed by atoms with E-state index in [9.17, 15) is 0 Å². The molecular weight excluding hydrogens is 861 g/mol. The molecule has 0 saturated carbocycles. The van der Waals surface area contributed by atoms with Crippen LogP contribution in [0.3, 0.4) is 0 Å². The van der Waals surface area contributed by atoms with Crippen LogP contribution in [0.4, 0.5) is 34.1 Å². The molecule has 13 aromatic rings. The van der Waals surface area contributed by atoms with Crippen molar-refractivity contribution in [3.05, 3.63) is 254 Å². The molecule has 71 heavy (non-hydrogen) atoms. The summed E-state index contributed by atoms with van der Waals surface area (Å²) in [6.07, 6.45) is 0. The predicted octanol–water partition coefficient (Wildman–Crippen LogP) is 18.3. The Bertz CT molecular complexity index is 4340. The molecule has 4 heteroatoms. The lowest BCUT2D eigenvalue weighted by Gasteiger charge is -2.29. The molecule has 334 valence electrons. The molecule has 0 spiro atoms. The van der Waals surface area contributed by atoms with Crippen LogP contribution in [-0.2, 0) is 5.41 Å². The van der Waals surface area contributed by atoms with Gasteiger partial charge < -0.3 is 18.9 Å². The van der Waals surface area contributed by atoms with Gasteiger partial charge in [0.25, 0.3) is 0 Å². The van der Waals surface area contributed by atoms with Crippen LogP contribution in [0.25, 0.3) is 88.0 Å². The molecule has 1 aliphatic carbocycles. The first-order valence-corrected chi connectivity index (χ1v) is 24.7. The SMILES string of the molecule is CC1(C)c2ccc3cc2-c2cc(ccc21)N(c1cccc2c4ccccc4n(-c4cccc5ccccc45)c12)c1cccc(c1)-c1cccc(c1)N3c1cccc2c3ccccc3n(-c3ccccc3)c12.